The Hall–Kier alpha value is -3.02. The van der Waals surface area contributed by atoms with Crippen molar-refractivity contribution in [1.82, 2.24) is 20.3 Å². The third-order valence-electron chi connectivity index (χ3n) is 3.68. The molecule has 0 atom stereocenters. The van der Waals surface area contributed by atoms with Crippen molar-refractivity contribution >= 4 is 22.9 Å². The van der Waals surface area contributed by atoms with E-state index in [4.69, 9.17) is 0 Å². The van der Waals surface area contributed by atoms with E-state index in [2.05, 4.69) is 25.6 Å². The van der Waals surface area contributed by atoms with Crippen molar-refractivity contribution in [3.8, 4) is 11.3 Å². The number of nitrogens with zero attached hydrogens (tertiary/aromatic N) is 3. The number of nitrogens with one attached hydrogen (secondary N) is 2. The number of urea groups is 1. The predicted molar refractivity (Wildman–Crippen MR) is 87.9 cm³/mol. The SMILES string of the molecule is O=C(Nc1nccc(-c2cnc3ccccc3c2)n1)NC1CC1. The van der Waals surface area contributed by atoms with Crippen LogP contribution in [0, 0.1) is 0 Å². The minimum atomic E-state index is -0.263. The van der Waals surface area contributed by atoms with Crippen LogP contribution in [0.3, 0.4) is 0 Å². The van der Waals surface area contributed by atoms with Crippen molar-refractivity contribution in [1.29, 1.82) is 0 Å². The van der Waals surface area contributed by atoms with Gasteiger partial charge in [-0.1, -0.05) is 18.2 Å². The molecule has 2 aromatic heterocycles. The van der Waals surface area contributed by atoms with Gasteiger partial charge < -0.3 is 5.32 Å². The summed E-state index contributed by atoms with van der Waals surface area (Å²) in [6, 6.07) is 11.8. The monoisotopic (exact) mass is 305 g/mol. The van der Waals surface area contributed by atoms with E-state index in [-0.39, 0.29) is 12.0 Å². The van der Waals surface area contributed by atoms with Crippen molar-refractivity contribution in [2.75, 3.05) is 5.32 Å². The number of benzene rings is 1. The molecule has 1 aliphatic carbocycles. The van der Waals surface area contributed by atoms with Crippen LogP contribution >= 0.6 is 0 Å². The summed E-state index contributed by atoms with van der Waals surface area (Å²) in [7, 11) is 0. The van der Waals surface area contributed by atoms with Gasteiger partial charge in [-0.3, -0.25) is 10.3 Å². The van der Waals surface area contributed by atoms with E-state index >= 15 is 0 Å². The fourth-order valence-corrected chi connectivity index (χ4v) is 2.34. The zero-order valence-electron chi connectivity index (χ0n) is 12.4. The summed E-state index contributed by atoms with van der Waals surface area (Å²) in [6.45, 7) is 0. The molecule has 1 fully saturated rings. The first-order valence-electron chi connectivity index (χ1n) is 7.54. The molecule has 0 aliphatic heterocycles. The van der Waals surface area contributed by atoms with Gasteiger partial charge in [0, 0.05) is 29.4 Å². The molecule has 114 valence electrons. The number of carbonyl (C=O) groups excluding carboxylic acids is 1. The quantitative estimate of drug-likeness (QED) is 0.779. The summed E-state index contributed by atoms with van der Waals surface area (Å²) in [5.74, 6) is 0.286. The molecule has 3 aromatic rings. The van der Waals surface area contributed by atoms with Crippen LogP contribution in [-0.4, -0.2) is 27.0 Å². The van der Waals surface area contributed by atoms with Gasteiger partial charge in [0.05, 0.1) is 11.2 Å². The molecule has 6 heteroatoms. The van der Waals surface area contributed by atoms with Crippen LogP contribution in [-0.2, 0) is 0 Å². The van der Waals surface area contributed by atoms with Crippen molar-refractivity contribution < 1.29 is 4.79 Å². The summed E-state index contributed by atoms with van der Waals surface area (Å²) in [5.41, 5.74) is 2.55. The molecule has 0 radical (unpaired) electrons. The lowest BCUT2D eigenvalue weighted by molar-refractivity contribution is 0.251. The molecule has 2 heterocycles. The van der Waals surface area contributed by atoms with Gasteiger partial charge in [-0.25, -0.2) is 14.8 Å². The van der Waals surface area contributed by atoms with E-state index in [0.717, 1.165) is 35.0 Å². The zero-order valence-corrected chi connectivity index (χ0v) is 12.4. The predicted octanol–water partition coefficient (Wildman–Crippen LogP) is 2.98. The zero-order chi connectivity index (χ0) is 15.6. The number of anilines is 1. The molecule has 0 bridgehead atoms. The maximum atomic E-state index is 11.8. The second-order valence-corrected chi connectivity index (χ2v) is 5.55. The lowest BCUT2D eigenvalue weighted by Crippen LogP contribution is -2.31. The van der Waals surface area contributed by atoms with Gasteiger partial charge >= 0.3 is 6.03 Å². The number of hydrogen-bond acceptors (Lipinski definition) is 4. The smallest absolute Gasteiger partial charge is 0.321 e. The fourth-order valence-electron chi connectivity index (χ4n) is 2.34. The Morgan fingerprint density at radius 2 is 2.00 bits per heavy atom. The highest BCUT2D eigenvalue weighted by molar-refractivity contribution is 5.88. The van der Waals surface area contributed by atoms with Gasteiger partial charge in [-0.15, -0.1) is 0 Å². The van der Waals surface area contributed by atoms with Crippen LogP contribution in [0.2, 0.25) is 0 Å². The summed E-state index contributed by atoms with van der Waals surface area (Å²) < 4.78 is 0. The number of para-hydroxylation sites is 1. The van der Waals surface area contributed by atoms with Crippen molar-refractivity contribution in [2.24, 2.45) is 0 Å². The maximum Gasteiger partial charge on any atom is 0.321 e. The Balaban J connectivity index is 1.59. The van der Waals surface area contributed by atoms with Gasteiger partial charge in [-0.2, -0.15) is 0 Å². The highest BCUT2D eigenvalue weighted by Gasteiger charge is 2.23. The number of fused-ring (bicyclic) bond motifs is 1. The van der Waals surface area contributed by atoms with Gasteiger partial charge in [0.15, 0.2) is 0 Å². The lowest BCUT2D eigenvalue weighted by Gasteiger charge is -2.07. The molecular formula is C17H15N5O. The first-order chi connectivity index (χ1) is 11.3. The Morgan fingerprint density at radius 1 is 1.13 bits per heavy atom. The maximum absolute atomic E-state index is 11.8. The normalized spacial score (nSPS) is 13.7. The largest absolute Gasteiger partial charge is 0.335 e. The second-order valence-electron chi connectivity index (χ2n) is 5.55. The van der Waals surface area contributed by atoms with Crippen LogP contribution in [0.1, 0.15) is 12.8 Å². The Morgan fingerprint density at radius 3 is 2.87 bits per heavy atom. The molecule has 0 unspecified atom stereocenters. The Kier molecular flexibility index (Phi) is 3.34. The molecule has 2 N–H and O–H groups in total. The summed E-state index contributed by atoms with van der Waals surface area (Å²) in [5, 5.41) is 6.56. The Labute approximate surface area is 133 Å². The minimum absolute atomic E-state index is 0.263. The van der Waals surface area contributed by atoms with E-state index in [1.54, 1.807) is 18.5 Å². The molecule has 0 spiro atoms. The molecule has 1 aliphatic rings. The minimum Gasteiger partial charge on any atom is -0.335 e. The molecule has 2 amide bonds. The van der Waals surface area contributed by atoms with Gasteiger partial charge in [0.25, 0.3) is 0 Å². The number of amides is 2. The van der Waals surface area contributed by atoms with Gasteiger partial charge in [0.1, 0.15) is 0 Å². The lowest BCUT2D eigenvalue weighted by atomic mass is 10.1. The van der Waals surface area contributed by atoms with Crippen molar-refractivity contribution in [3.63, 3.8) is 0 Å². The van der Waals surface area contributed by atoms with Crippen LogP contribution in [0.15, 0.2) is 48.8 Å². The summed E-state index contributed by atoms with van der Waals surface area (Å²) in [6.07, 6.45) is 5.48. The highest BCUT2D eigenvalue weighted by atomic mass is 16.2. The molecule has 6 nitrogen and oxygen atoms in total. The van der Waals surface area contributed by atoms with Crippen molar-refractivity contribution in [3.05, 3.63) is 48.8 Å². The average Bonchev–Trinajstić information content (AvgIpc) is 3.38. The van der Waals surface area contributed by atoms with E-state index in [1.807, 2.05) is 30.3 Å². The van der Waals surface area contributed by atoms with Gasteiger partial charge in [-0.05, 0) is 31.0 Å². The third kappa shape index (κ3) is 3.11. The first-order valence-corrected chi connectivity index (χ1v) is 7.54. The van der Waals surface area contributed by atoms with Crippen LogP contribution in [0.4, 0.5) is 10.7 Å². The number of hydrogen-bond donors (Lipinski definition) is 2. The molecule has 23 heavy (non-hydrogen) atoms. The molecule has 1 aromatic carbocycles. The molecule has 0 saturated heterocycles. The molecular weight excluding hydrogens is 290 g/mol. The van der Waals surface area contributed by atoms with E-state index in [1.165, 1.54) is 0 Å². The second kappa shape index (κ2) is 5.64. The standard InChI is InChI=1S/C17H15N5O/c23-17(20-13-5-6-13)22-16-18-8-7-15(21-16)12-9-11-3-1-2-4-14(11)19-10-12/h1-4,7-10,13H,5-6H2,(H2,18,20,21,22,23). The number of rotatable bonds is 3. The topological polar surface area (TPSA) is 79.8 Å². The third-order valence-corrected chi connectivity index (χ3v) is 3.68. The number of carbonyl (C=O) groups is 1. The van der Waals surface area contributed by atoms with Crippen LogP contribution in [0.25, 0.3) is 22.2 Å². The average molecular weight is 305 g/mol. The molecule has 4 rings (SSSR count). The summed E-state index contributed by atoms with van der Waals surface area (Å²) >= 11 is 0. The van der Waals surface area contributed by atoms with Gasteiger partial charge in [0.2, 0.25) is 5.95 Å². The van der Waals surface area contributed by atoms with Crippen molar-refractivity contribution in [2.45, 2.75) is 18.9 Å². The number of pyridine rings is 1. The Bertz CT molecular complexity index is 875. The van der Waals surface area contributed by atoms with E-state index in [9.17, 15) is 4.79 Å². The van der Waals surface area contributed by atoms with E-state index < -0.39 is 0 Å². The molecule has 1 saturated carbocycles. The van der Waals surface area contributed by atoms with E-state index in [0.29, 0.717) is 6.04 Å². The van der Waals surface area contributed by atoms with Crippen LogP contribution in [0.5, 0.6) is 0 Å². The number of aromatic nitrogens is 3. The van der Waals surface area contributed by atoms with Crippen LogP contribution < -0.4 is 10.6 Å². The highest BCUT2D eigenvalue weighted by Crippen LogP contribution is 2.22. The fraction of sp³-hybridized carbons (Fsp3) is 0.176. The summed E-state index contributed by atoms with van der Waals surface area (Å²) in [4.78, 5) is 24.7. The first kappa shape index (κ1) is 13.6.